The zero-order chi connectivity index (χ0) is 31.1. The number of aldehydes is 1. The van der Waals surface area contributed by atoms with Crippen molar-refractivity contribution in [3.05, 3.63) is 12.2 Å². The second kappa shape index (κ2) is 17.9. The average Bonchev–Trinajstić information content (AvgIpc) is 3.19. The molecule has 12 heteroatoms. The number of ketones is 1. The molecule has 1 rings (SSSR count). The highest BCUT2D eigenvalue weighted by atomic mass is 16.2. The molecule has 0 aromatic carbocycles. The first kappa shape index (κ1) is 32.6. The van der Waals surface area contributed by atoms with Crippen LogP contribution in [0.25, 0.3) is 0 Å². The summed E-state index contributed by atoms with van der Waals surface area (Å²) in [5.74, 6) is -2.93. The SMILES string of the molecule is [2H]C(=O)[C@H](CC(C)C)NC(=O)[C@H](CCCNC(N)=O)CC(=O)[C@@H](NC(=O)CCCCCN1C(=O)C=CC1=O)C(C)C. The van der Waals surface area contributed by atoms with E-state index in [-0.39, 0.29) is 74.1 Å². The Morgan fingerprint density at radius 1 is 1.00 bits per heavy atom. The van der Waals surface area contributed by atoms with E-state index in [1.54, 1.807) is 13.8 Å². The van der Waals surface area contributed by atoms with Gasteiger partial charge in [-0.2, -0.15) is 0 Å². The molecular weight excluding hydrogens is 518 g/mol. The number of nitrogens with zero attached hydrogens (tertiary/aromatic N) is 1. The predicted molar refractivity (Wildman–Crippen MR) is 148 cm³/mol. The summed E-state index contributed by atoms with van der Waals surface area (Å²) in [5.41, 5.74) is 5.09. The molecule has 0 aromatic heterocycles. The number of carbonyl (C=O) groups is 7. The number of imide groups is 1. The second-order valence-electron chi connectivity index (χ2n) is 10.9. The van der Waals surface area contributed by atoms with Crippen LogP contribution in [0.4, 0.5) is 4.79 Å². The Morgan fingerprint density at radius 2 is 1.65 bits per heavy atom. The number of amides is 6. The van der Waals surface area contributed by atoms with E-state index < -0.39 is 36.2 Å². The summed E-state index contributed by atoms with van der Waals surface area (Å²) in [6.07, 6.45) is 4.01. The lowest BCUT2D eigenvalue weighted by Gasteiger charge is -2.25. The number of Topliss-reactive ketones (excluding diaryl/α,β-unsaturated/α-hetero) is 1. The molecule has 1 aliphatic rings. The van der Waals surface area contributed by atoms with E-state index in [4.69, 9.17) is 7.10 Å². The summed E-state index contributed by atoms with van der Waals surface area (Å²) >= 11 is 0. The first-order valence-corrected chi connectivity index (χ1v) is 13.9. The molecule has 1 aliphatic heterocycles. The molecule has 6 amide bonds. The fourth-order valence-electron chi connectivity index (χ4n) is 4.40. The average molecular weight is 565 g/mol. The van der Waals surface area contributed by atoms with Gasteiger partial charge in [0.1, 0.15) is 7.63 Å². The van der Waals surface area contributed by atoms with Crippen molar-refractivity contribution in [2.75, 3.05) is 13.1 Å². The van der Waals surface area contributed by atoms with Gasteiger partial charge in [0.15, 0.2) is 5.78 Å². The topological polar surface area (TPSA) is 185 Å². The maximum Gasteiger partial charge on any atom is 0.312 e. The van der Waals surface area contributed by atoms with Crippen molar-refractivity contribution in [3.63, 3.8) is 0 Å². The zero-order valence-corrected chi connectivity index (χ0v) is 24.0. The molecule has 0 aromatic rings. The molecule has 0 bridgehead atoms. The van der Waals surface area contributed by atoms with Crippen LogP contribution in [0, 0.1) is 17.8 Å². The van der Waals surface area contributed by atoms with Gasteiger partial charge < -0.3 is 26.5 Å². The summed E-state index contributed by atoms with van der Waals surface area (Å²) in [6.45, 7) is 7.76. The van der Waals surface area contributed by atoms with Crippen molar-refractivity contribution in [2.45, 2.75) is 91.1 Å². The lowest BCUT2D eigenvalue weighted by atomic mass is 9.89. The summed E-state index contributed by atoms with van der Waals surface area (Å²) in [5, 5.41) is 7.80. The Kier molecular flexibility index (Phi) is 14.6. The van der Waals surface area contributed by atoms with Crippen LogP contribution < -0.4 is 21.7 Å². The van der Waals surface area contributed by atoms with Crippen molar-refractivity contribution in [1.29, 1.82) is 0 Å². The number of rotatable bonds is 20. The third kappa shape index (κ3) is 13.0. The number of nitrogens with one attached hydrogen (secondary N) is 3. The van der Waals surface area contributed by atoms with E-state index in [2.05, 4.69) is 16.0 Å². The Bertz CT molecular complexity index is 980. The van der Waals surface area contributed by atoms with E-state index in [9.17, 15) is 33.6 Å². The Balaban J connectivity index is 2.74. The molecule has 0 spiro atoms. The number of unbranched alkanes of at least 4 members (excludes halogenated alkanes) is 2. The maximum absolute atomic E-state index is 13.3. The standard InChI is InChI=1S/C28H45N5O7/c1-18(2)15-21(17-34)31-27(39)20(9-8-13-30-28(29)40)16-22(35)26(19(3)4)32-23(36)10-6-5-7-14-33-24(37)11-12-25(33)38/h11-12,17-21,26H,5-10,13-16H2,1-4H3,(H,31,39)(H,32,36)(H3,29,30,40)/t20-,21+,26+/m1/s1/i17D. The molecule has 0 unspecified atom stereocenters. The maximum atomic E-state index is 13.3. The Hall–Kier alpha value is -3.57. The van der Waals surface area contributed by atoms with Gasteiger partial charge in [-0.15, -0.1) is 0 Å². The molecule has 12 nitrogen and oxygen atoms in total. The number of hydrogen-bond acceptors (Lipinski definition) is 7. The normalized spacial score (nSPS) is 15.6. The molecular formula is C28H45N5O7. The summed E-state index contributed by atoms with van der Waals surface area (Å²) in [7, 11) is 0. The fourth-order valence-corrected chi connectivity index (χ4v) is 4.40. The van der Waals surface area contributed by atoms with Crippen LogP contribution in [0.3, 0.4) is 0 Å². The minimum Gasteiger partial charge on any atom is -0.352 e. The molecule has 0 aliphatic carbocycles. The Morgan fingerprint density at radius 3 is 2.20 bits per heavy atom. The van der Waals surface area contributed by atoms with E-state index >= 15 is 0 Å². The molecule has 1 heterocycles. The molecule has 224 valence electrons. The molecule has 40 heavy (non-hydrogen) atoms. The molecule has 0 fully saturated rings. The summed E-state index contributed by atoms with van der Waals surface area (Å²) in [6, 6.07) is -2.55. The molecule has 0 saturated heterocycles. The van der Waals surface area contributed by atoms with Crippen molar-refractivity contribution >= 4 is 41.7 Å². The van der Waals surface area contributed by atoms with Gasteiger partial charge in [-0.05, 0) is 43.9 Å². The van der Waals surface area contributed by atoms with Gasteiger partial charge >= 0.3 is 6.03 Å². The highest BCUT2D eigenvalue weighted by Gasteiger charge is 2.30. The molecule has 0 saturated carbocycles. The number of urea groups is 1. The third-order valence-electron chi connectivity index (χ3n) is 6.53. The monoisotopic (exact) mass is 564 g/mol. The van der Waals surface area contributed by atoms with Gasteiger partial charge in [-0.1, -0.05) is 34.1 Å². The van der Waals surface area contributed by atoms with Crippen molar-refractivity contribution in [3.8, 4) is 0 Å². The number of primary amides is 1. The largest absolute Gasteiger partial charge is 0.352 e. The van der Waals surface area contributed by atoms with Crippen molar-refractivity contribution in [2.24, 2.45) is 23.5 Å². The van der Waals surface area contributed by atoms with Crippen LogP contribution in [-0.4, -0.2) is 71.8 Å². The highest BCUT2D eigenvalue weighted by molar-refractivity contribution is 6.12. The number of hydrogen-bond donors (Lipinski definition) is 4. The number of carbonyl (C=O) groups excluding carboxylic acids is 7. The third-order valence-corrected chi connectivity index (χ3v) is 6.53. The van der Waals surface area contributed by atoms with Gasteiger partial charge in [0.05, 0.1) is 12.1 Å². The molecule has 5 N–H and O–H groups in total. The van der Waals surface area contributed by atoms with Crippen LogP contribution >= 0.6 is 0 Å². The minimum atomic E-state index is -0.998. The van der Waals surface area contributed by atoms with Crippen LogP contribution in [0.15, 0.2) is 12.2 Å². The van der Waals surface area contributed by atoms with Crippen LogP contribution in [0.5, 0.6) is 0 Å². The van der Waals surface area contributed by atoms with Gasteiger partial charge in [0.25, 0.3) is 11.8 Å². The number of nitrogens with two attached hydrogens (primary N) is 1. The van der Waals surface area contributed by atoms with Crippen LogP contribution in [0.1, 0.15) is 80.4 Å². The van der Waals surface area contributed by atoms with Crippen LogP contribution in [-0.2, 0) is 28.8 Å². The van der Waals surface area contributed by atoms with E-state index in [1.165, 1.54) is 12.2 Å². The van der Waals surface area contributed by atoms with Gasteiger partial charge in [-0.3, -0.25) is 28.9 Å². The van der Waals surface area contributed by atoms with E-state index in [1.807, 2.05) is 13.8 Å². The first-order chi connectivity index (χ1) is 19.2. The first-order valence-electron chi connectivity index (χ1n) is 14.4. The quantitative estimate of drug-likeness (QED) is 0.0977. The van der Waals surface area contributed by atoms with Crippen molar-refractivity contribution in [1.82, 2.24) is 20.9 Å². The van der Waals surface area contributed by atoms with Crippen LogP contribution in [0.2, 0.25) is 0 Å². The lowest BCUT2D eigenvalue weighted by Crippen LogP contribution is -2.47. The summed E-state index contributed by atoms with van der Waals surface area (Å²) < 4.78 is 7.50. The van der Waals surface area contributed by atoms with Gasteiger partial charge in [-0.25, -0.2) is 4.79 Å². The summed E-state index contributed by atoms with van der Waals surface area (Å²) in [4.78, 5) is 86.1. The van der Waals surface area contributed by atoms with Gasteiger partial charge in [0, 0.05) is 44.0 Å². The van der Waals surface area contributed by atoms with E-state index in [0.29, 0.717) is 25.7 Å². The zero-order valence-electron chi connectivity index (χ0n) is 25.0. The minimum absolute atomic E-state index is 0.0530. The van der Waals surface area contributed by atoms with Crippen molar-refractivity contribution < 1.29 is 34.9 Å². The Labute approximate surface area is 237 Å². The lowest BCUT2D eigenvalue weighted by molar-refractivity contribution is -0.137. The predicted octanol–water partition coefficient (Wildman–Crippen LogP) is 1.37. The highest BCUT2D eigenvalue weighted by Crippen LogP contribution is 2.18. The molecule has 3 atom stereocenters. The molecule has 0 radical (unpaired) electrons. The fraction of sp³-hybridized carbons (Fsp3) is 0.679. The smallest absolute Gasteiger partial charge is 0.312 e. The second-order valence-corrected chi connectivity index (χ2v) is 10.9. The van der Waals surface area contributed by atoms with Gasteiger partial charge in [0.2, 0.25) is 11.8 Å². The van der Waals surface area contributed by atoms with E-state index in [0.717, 1.165) is 4.90 Å².